The van der Waals surface area contributed by atoms with Crippen LogP contribution in [0.4, 0.5) is 0 Å². The lowest BCUT2D eigenvalue weighted by molar-refractivity contribution is -0.192. The quantitative estimate of drug-likeness (QED) is 0.745. The highest BCUT2D eigenvalue weighted by atomic mass is 16.6. The van der Waals surface area contributed by atoms with Gasteiger partial charge in [0.15, 0.2) is 0 Å². The van der Waals surface area contributed by atoms with Crippen molar-refractivity contribution in [1.29, 1.82) is 0 Å². The lowest BCUT2D eigenvalue weighted by atomic mass is 9.48. The van der Waals surface area contributed by atoms with Gasteiger partial charge in [-0.25, -0.2) is 0 Å². The fourth-order valence-corrected chi connectivity index (χ4v) is 5.11. The van der Waals surface area contributed by atoms with Crippen molar-refractivity contribution in [2.75, 3.05) is 0 Å². The Bertz CT molecular complexity index is 364. The Morgan fingerprint density at radius 3 is 2.28 bits per heavy atom. The third-order valence-electron chi connectivity index (χ3n) is 4.89. The molecule has 2 atom stereocenters. The molecule has 102 valence electrons. The van der Waals surface area contributed by atoms with E-state index >= 15 is 0 Å². The monoisotopic (exact) mass is 252 g/mol. The van der Waals surface area contributed by atoms with E-state index in [1.807, 2.05) is 6.92 Å². The van der Waals surface area contributed by atoms with Crippen LogP contribution in [0.5, 0.6) is 0 Å². The van der Waals surface area contributed by atoms with E-state index in [0.29, 0.717) is 12.3 Å². The predicted molar refractivity (Wildman–Crippen MR) is 68.8 cm³/mol. The summed E-state index contributed by atoms with van der Waals surface area (Å²) in [5, 5.41) is 0. The number of hydrogen-bond donors (Lipinski definition) is 2. The molecule has 4 N–H and O–H groups in total. The van der Waals surface area contributed by atoms with Crippen LogP contribution in [-0.4, -0.2) is 22.6 Å². The summed E-state index contributed by atoms with van der Waals surface area (Å²) >= 11 is 0. The van der Waals surface area contributed by atoms with E-state index in [1.165, 1.54) is 0 Å². The normalized spacial score (nSPS) is 49.4. The molecule has 4 saturated carbocycles. The molecular weight excluding hydrogens is 228 g/mol. The predicted octanol–water partition coefficient (Wildman–Crippen LogP) is 1.46. The number of ether oxygens (including phenoxy) is 1. The molecule has 4 bridgehead atoms. The Balaban J connectivity index is 1.82. The summed E-state index contributed by atoms with van der Waals surface area (Å²) in [6.45, 7) is 2.00. The lowest BCUT2D eigenvalue weighted by Gasteiger charge is -2.63. The second kappa shape index (κ2) is 3.70. The molecule has 0 aromatic heterocycles. The van der Waals surface area contributed by atoms with Crippen LogP contribution in [0.1, 0.15) is 58.3 Å². The minimum atomic E-state index is -0.352. The highest BCUT2D eigenvalue weighted by molar-refractivity contribution is 5.70. The number of carbonyl (C=O) groups is 1. The molecule has 2 unspecified atom stereocenters. The van der Waals surface area contributed by atoms with Gasteiger partial charge in [0.05, 0.1) is 0 Å². The maximum Gasteiger partial charge on any atom is 0.306 e. The molecule has 4 heteroatoms. The molecule has 0 aromatic rings. The Morgan fingerprint density at radius 2 is 1.78 bits per heavy atom. The molecule has 0 heterocycles. The summed E-state index contributed by atoms with van der Waals surface area (Å²) in [5.74, 6) is 0.470. The Hall–Kier alpha value is -0.610. The van der Waals surface area contributed by atoms with Crippen molar-refractivity contribution in [3.05, 3.63) is 0 Å². The van der Waals surface area contributed by atoms with Crippen LogP contribution in [-0.2, 0) is 9.53 Å². The second-order valence-corrected chi connectivity index (χ2v) is 7.14. The van der Waals surface area contributed by atoms with Gasteiger partial charge in [-0.15, -0.1) is 0 Å². The molecule has 4 nitrogen and oxygen atoms in total. The fraction of sp³-hybridized carbons (Fsp3) is 0.929. The van der Waals surface area contributed by atoms with E-state index in [4.69, 9.17) is 16.2 Å². The highest BCUT2D eigenvalue weighted by Crippen LogP contribution is 2.58. The van der Waals surface area contributed by atoms with Gasteiger partial charge < -0.3 is 16.2 Å². The van der Waals surface area contributed by atoms with Gasteiger partial charge in [-0.05, 0) is 38.0 Å². The van der Waals surface area contributed by atoms with Crippen LogP contribution in [0.25, 0.3) is 0 Å². The third kappa shape index (κ3) is 1.95. The zero-order valence-corrected chi connectivity index (χ0v) is 11.2. The average molecular weight is 252 g/mol. The topological polar surface area (TPSA) is 78.3 Å². The van der Waals surface area contributed by atoms with Crippen LogP contribution in [0.2, 0.25) is 0 Å². The Morgan fingerprint density at radius 1 is 1.17 bits per heavy atom. The molecule has 0 radical (unpaired) electrons. The van der Waals surface area contributed by atoms with Gasteiger partial charge in [0.2, 0.25) is 0 Å². The molecule has 0 spiro atoms. The molecule has 4 fully saturated rings. The molecule has 4 aliphatic rings. The molecule has 4 aliphatic carbocycles. The first-order chi connectivity index (χ1) is 8.36. The third-order valence-corrected chi connectivity index (χ3v) is 4.89. The van der Waals surface area contributed by atoms with E-state index in [1.54, 1.807) is 0 Å². The largest absolute Gasteiger partial charge is 0.459 e. The van der Waals surface area contributed by atoms with Gasteiger partial charge in [-0.1, -0.05) is 6.92 Å². The van der Waals surface area contributed by atoms with Crippen molar-refractivity contribution < 1.29 is 9.53 Å². The molecule has 0 amide bonds. The van der Waals surface area contributed by atoms with E-state index in [-0.39, 0.29) is 22.6 Å². The maximum atomic E-state index is 11.8. The summed E-state index contributed by atoms with van der Waals surface area (Å²) in [6.07, 6.45) is 6.93. The van der Waals surface area contributed by atoms with Crippen molar-refractivity contribution >= 4 is 5.97 Å². The number of rotatable bonds is 3. The summed E-state index contributed by atoms with van der Waals surface area (Å²) in [4.78, 5) is 11.8. The van der Waals surface area contributed by atoms with E-state index in [2.05, 4.69) is 0 Å². The molecule has 18 heavy (non-hydrogen) atoms. The van der Waals surface area contributed by atoms with Crippen molar-refractivity contribution in [3.63, 3.8) is 0 Å². The fourth-order valence-electron chi connectivity index (χ4n) is 5.11. The van der Waals surface area contributed by atoms with Crippen LogP contribution in [0.3, 0.4) is 0 Å². The molecule has 0 aromatic carbocycles. The van der Waals surface area contributed by atoms with E-state index in [9.17, 15) is 4.79 Å². The van der Waals surface area contributed by atoms with Crippen molar-refractivity contribution in [2.45, 2.75) is 75.0 Å². The first-order valence-electron chi connectivity index (χ1n) is 7.16. The molecular formula is C14H24N2O2. The first kappa shape index (κ1) is 12.4. The number of hydrogen-bond acceptors (Lipinski definition) is 4. The minimum Gasteiger partial charge on any atom is -0.459 e. The summed E-state index contributed by atoms with van der Waals surface area (Å²) in [7, 11) is 0. The maximum absolute atomic E-state index is 11.8. The van der Waals surface area contributed by atoms with Gasteiger partial charge in [-0.3, -0.25) is 4.79 Å². The summed E-state index contributed by atoms with van der Waals surface area (Å²) in [6, 6.07) is 0. The summed E-state index contributed by atoms with van der Waals surface area (Å²) in [5.41, 5.74) is 12.2. The van der Waals surface area contributed by atoms with Crippen LogP contribution >= 0.6 is 0 Å². The van der Waals surface area contributed by atoms with Gasteiger partial charge in [0.1, 0.15) is 5.60 Å². The molecule has 0 saturated heterocycles. The van der Waals surface area contributed by atoms with Gasteiger partial charge in [0, 0.05) is 30.3 Å². The van der Waals surface area contributed by atoms with Crippen molar-refractivity contribution in [1.82, 2.24) is 0 Å². The Kier molecular flexibility index (Phi) is 2.55. The number of nitrogens with two attached hydrogens (primary N) is 2. The molecule has 4 rings (SSSR count). The van der Waals surface area contributed by atoms with Crippen LogP contribution in [0, 0.1) is 5.92 Å². The minimum absolute atomic E-state index is 0.0772. The van der Waals surface area contributed by atoms with Crippen molar-refractivity contribution in [3.8, 4) is 0 Å². The first-order valence-corrected chi connectivity index (χ1v) is 7.16. The second-order valence-electron chi connectivity index (χ2n) is 7.14. The van der Waals surface area contributed by atoms with E-state index < -0.39 is 0 Å². The number of esters is 1. The van der Waals surface area contributed by atoms with E-state index in [0.717, 1.165) is 44.9 Å². The van der Waals surface area contributed by atoms with Gasteiger partial charge >= 0.3 is 5.97 Å². The highest BCUT2D eigenvalue weighted by Gasteiger charge is 2.62. The van der Waals surface area contributed by atoms with Crippen LogP contribution in [0.15, 0.2) is 0 Å². The van der Waals surface area contributed by atoms with Gasteiger partial charge in [-0.2, -0.15) is 0 Å². The standard InChI is InChI=1S/C14H24N2O2/c1-2-3-11(17)18-14-6-10-4-12(15,8-14)7-13(16,5-10)9-14/h10H,2-9,15-16H2,1H3. The zero-order valence-electron chi connectivity index (χ0n) is 11.2. The lowest BCUT2D eigenvalue weighted by Crippen LogP contribution is -2.72. The molecule has 0 aliphatic heterocycles. The summed E-state index contributed by atoms with van der Waals surface area (Å²) < 4.78 is 5.82. The van der Waals surface area contributed by atoms with Crippen molar-refractivity contribution in [2.24, 2.45) is 17.4 Å². The zero-order chi connectivity index (χ0) is 13.0. The number of carbonyl (C=O) groups excluding carboxylic acids is 1. The van der Waals surface area contributed by atoms with Gasteiger partial charge in [0.25, 0.3) is 0 Å². The Labute approximate surface area is 108 Å². The van der Waals surface area contributed by atoms with Crippen LogP contribution < -0.4 is 11.5 Å². The smallest absolute Gasteiger partial charge is 0.306 e. The SMILES string of the molecule is CCCC(=O)OC12CC3CC(N)(CC(N)(C3)C1)C2. The average Bonchev–Trinajstić information content (AvgIpc) is 2.09.